The number of amides is 1. The van der Waals surface area contributed by atoms with Gasteiger partial charge in [-0.25, -0.2) is 0 Å². The van der Waals surface area contributed by atoms with Gasteiger partial charge in [-0.3, -0.25) is 4.79 Å². The van der Waals surface area contributed by atoms with Gasteiger partial charge in [-0.05, 0) is 36.3 Å². The van der Waals surface area contributed by atoms with E-state index in [9.17, 15) is 4.79 Å². The van der Waals surface area contributed by atoms with E-state index < -0.39 is 0 Å². The summed E-state index contributed by atoms with van der Waals surface area (Å²) >= 11 is 5.93. The molecule has 0 aromatic heterocycles. The normalized spacial score (nSPS) is 20.8. The maximum atomic E-state index is 12.4. The predicted molar refractivity (Wildman–Crippen MR) is 115 cm³/mol. The van der Waals surface area contributed by atoms with Crippen molar-refractivity contribution in [2.24, 2.45) is 0 Å². The quantitative estimate of drug-likeness (QED) is 0.639. The fourth-order valence-corrected chi connectivity index (χ4v) is 3.74. The summed E-state index contributed by atoms with van der Waals surface area (Å²) in [5.74, 6) is 0.116. The Hall–Kier alpha value is -2.14. The van der Waals surface area contributed by atoms with Crippen LogP contribution in [0.5, 0.6) is 0 Å². The van der Waals surface area contributed by atoms with Gasteiger partial charge in [0.05, 0.1) is 12.6 Å². The first-order valence-corrected chi connectivity index (χ1v) is 10.4. The summed E-state index contributed by atoms with van der Waals surface area (Å²) in [4.78, 5) is 15.4. The Labute approximate surface area is 172 Å². The van der Waals surface area contributed by atoms with E-state index in [0.717, 1.165) is 38.3 Å². The van der Waals surface area contributed by atoms with Crippen LogP contribution in [0, 0.1) is 0 Å². The number of halogens is 1. The zero-order chi connectivity index (χ0) is 19.8. The van der Waals surface area contributed by atoms with Gasteiger partial charge in [0.15, 0.2) is 6.54 Å². The number of carbonyl (C=O) groups is 1. The number of quaternary nitrogens is 2. The largest absolute Gasteiger partial charge is 0.345 e. The second-order valence-electron chi connectivity index (χ2n) is 7.53. The molecule has 4 nitrogen and oxygen atoms in total. The molecule has 1 atom stereocenters. The van der Waals surface area contributed by atoms with Crippen molar-refractivity contribution in [1.82, 2.24) is 5.32 Å². The third kappa shape index (κ3) is 6.48. The second-order valence-corrected chi connectivity index (χ2v) is 7.97. The highest BCUT2D eigenvalue weighted by Crippen LogP contribution is 2.15. The molecule has 1 heterocycles. The first-order chi connectivity index (χ1) is 13.6. The number of piperazine rings is 1. The van der Waals surface area contributed by atoms with Crippen LogP contribution in [0.2, 0.25) is 5.02 Å². The highest BCUT2D eigenvalue weighted by molar-refractivity contribution is 6.30. The van der Waals surface area contributed by atoms with Gasteiger partial charge in [0.1, 0.15) is 26.2 Å². The van der Waals surface area contributed by atoms with Crippen LogP contribution in [-0.2, 0) is 4.79 Å². The Morgan fingerprint density at radius 2 is 1.68 bits per heavy atom. The molecule has 1 aliphatic rings. The highest BCUT2D eigenvalue weighted by Gasteiger charge is 2.24. The van der Waals surface area contributed by atoms with Crippen LogP contribution < -0.4 is 15.1 Å². The molecule has 28 heavy (non-hydrogen) atoms. The van der Waals surface area contributed by atoms with Gasteiger partial charge in [0, 0.05) is 5.02 Å². The Bertz CT molecular complexity index is 768. The van der Waals surface area contributed by atoms with E-state index in [1.165, 1.54) is 10.5 Å². The fourth-order valence-electron chi connectivity index (χ4n) is 3.62. The summed E-state index contributed by atoms with van der Waals surface area (Å²) in [6, 6.07) is 18.1. The topological polar surface area (TPSA) is 38.0 Å². The molecular weight excluding hydrogens is 370 g/mol. The van der Waals surface area contributed by atoms with Gasteiger partial charge in [0.2, 0.25) is 0 Å². The Morgan fingerprint density at radius 3 is 2.36 bits per heavy atom. The zero-order valence-corrected chi connectivity index (χ0v) is 17.2. The van der Waals surface area contributed by atoms with Crippen molar-refractivity contribution < 1.29 is 14.6 Å². The van der Waals surface area contributed by atoms with Gasteiger partial charge >= 0.3 is 0 Å². The number of hydrogen-bond donors (Lipinski definition) is 3. The molecule has 1 saturated heterocycles. The molecule has 148 valence electrons. The molecular formula is C23H30ClN3O+2. The van der Waals surface area contributed by atoms with Crippen LogP contribution in [0.25, 0.3) is 6.08 Å². The lowest BCUT2D eigenvalue weighted by Crippen LogP contribution is -3.28. The van der Waals surface area contributed by atoms with E-state index >= 15 is 0 Å². The van der Waals surface area contributed by atoms with Crippen LogP contribution in [0.1, 0.15) is 24.1 Å². The van der Waals surface area contributed by atoms with Gasteiger partial charge in [-0.1, -0.05) is 60.1 Å². The van der Waals surface area contributed by atoms with Crippen LogP contribution in [-0.4, -0.2) is 45.2 Å². The molecule has 0 unspecified atom stereocenters. The smallest absolute Gasteiger partial charge is 0.275 e. The minimum Gasteiger partial charge on any atom is -0.345 e. The minimum atomic E-state index is -0.000737. The number of hydrogen-bond acceptors (Lipinski definition) is 1. The van der Waals surface area contributed by atoms with E-state index in [1.807, 2.05) is 37.3 Å². The first kappa shape index (κ1) is 20.6. The summed E-state index contributed by atoms with van der Waals surface area (Å²) < 4.78 is 0. The zero-order valence-electron chi connectivity index (χ0n) is 16.5. The van der Waals surface area contributed by atoms with Crippen LogP contribution in [0.3, 0.4) is 0 Å². The van der Waals surface area contributed by atoms with Crippen molar-refractivity contribution in [1.29, 1.82) is 0 Å². The molecule has 2 aromatic rings. The summed E-state index contributed by atoms with van der Waals surface area (Å²) in [6.07, 6.45) is 4.45. The van der Waals surface area contributed by atoms with Crippen LogP contribution in [0.15, 0.2) is 60.7 Å². The molecule has 0 radical (unpaired) electrons. The Morgan fingerprint density at radius 1 is 1.04 bits per heavy atom. The van der Waals surface area contributed by atoms with Crippen molar-refractivity contribution in [3.8, 4) is 0 Å². The average molecular weight is 400 g/mol. The lowest BCUT2D eigenvalue weighted by molar-refractivity contribution is -1.01. The third-order valence-corrected chi connectivity index (χ3v) is 5.59. The Balaban J connectivity index is 1.37. The van der Waals surface area contributed by atoms with Crippen LogP contribution in [0.4, 0.5) is 0 Å². The monoisotopic (exact) mass is 399 g/mol. The van der Waals surface area contributed by atoms with Crippen molar-refractivity contribution in [3.63, 3.8) is 0 Å². The van der Waals surface area contributed by atoms with Crippen molar-refractivity contribution in [2.45, 2.75) is 13.0 Å². The number of benzene rings is 2. The number of nitrogens with one attached hydrogen (secondary N) is 3. The summed E-state index contributed by atoms with van der Waals surface area (Å²) in [6.45, 7) is 7.89. The lowest BCUT2D eigenvalue weighted by Gasteiger charge is -2.29. The van der Waals surface area contributed by atoms with Gasteiger partial charge in [-0.2, -0.15) is 0 Å². The average Bonchev–Trinajstić information content (AvgIpc) is 2.70. The molecule has 0 aliphatic carbocycles. The molecule has 1 amide bonds. The number of rotatable bonds is 7. The molecule has 3 rings (SSSR count). The standard InChI is InChI=1S/C23H28ClN3O/c1-19(21-9-11-22(24)12-10-21)25-23(28)18-27-16-14-26(15-17-27)13-5-8-20-6-3-2-4-7-20/h2-12,19H,13-18H2,1H3,(H,25,28)/p+2/b8-5+/t19-/m0/s1. The number of carbonyl (C=O) groups excluding carboxylic acids is 1. The van der Waals surface area contributed by atoms with E-state index in [-0.39, 0.29) is 11.9 Å². The second kappa shape index (κ2) is 10.4. The van der Waals surface area contributed by atoms with Crippen molar-refractivity contribution >= 4 is 23.6 Å². The molecule has 5 heteroatoms. The van der Waals surface area contributed by atoms with Gasteiger partial charge in [0.25, 0.3) is 5.91 Å². The maximum absolute atomic E-state index is 12.4. The summed E-state index contributed by atoms with van der Waals surface area (Å²) in [5, 5.41) is 3.82. The first-order valence-electron chi connectivity index (χ1n) is 10.0. The summed E-state index contributed by atoms with van der Waals surface area (Å²) in [7, 11) is 0. The van der Waals surface area contributed by atoms with Crippen molar-refractivity contribution in [2.75, 3.05) is 39.3 Å². The molecule has 0 spiro atoms. The fraction of sp³-hybridized carbons (Fsp3) is 0.348. The molecule has 0 saturated carbocycles. The lowest BCUT2D eigenvalue weighted by atomic mass is 10.1. The van der Waals surface area contributed by atoms with E-state index in [1.54, 1.807) is 4.90 Å². The van der Waals surface area contributed by atoms with E-state index in [0.29, 0.717) is 11.6 Å². The molecule has 0 bridgehead atoms. The predicted octanol–water partition coefficient (Wildman–Crippen LogP) is 1.01. The van der Waals surface area contributed by atoms with Crippen molar-refractivity contribution in [3.05, 3.63) is 76.8 Å². The summed E-state index contributed by atoms with van der Waals surface area (Å²) in [5.41, 5.74) is 2.32. The Kier molecular flexibility index (Phi) is 7.66. The van der Waals surface area contributed by atoms with Gasteiger partial charge in [-0.15, -0.1) is 0 Å². The SMILES string of the molecule is C[C@H](NC(=O)C[NH+]1CC[NH+](C/C=C/c2ccccc2)CC1)c1ccc(Cl)cc1. The third-order valence-electron chi connectivity index (χ3n) is 5.34. The highest BCUT2D eigenvalue weighted by atomic mass is 35.5. The molecule has 1 aliphatic heterocycles. The molecule has 3 N–H and O–H groups in total. The maximum Gasteiger partial charge on any atom is 0.275 e. The van der Waals surface area contributed by atoms with E-state index in [4.69, 9.17) is 11.6 Å². The van der Waals surface area contributed by atoms with Gasteiger partial charge < -0.3 is 15.1 Å². The van der Waals surface area contributed by atoms with Crippen LogP contribution >= 0.6 is 11.6 Å². The minimum absolute atomic E-state index is 0.000737. The molecule has 2 aromatic carbocycles. The molecule has 1 fully saturated rings. The van der Waals surface area contributed by atoms with E-state index in [2.05, 4.69) is 41.7 Å².